The molecule has 0 saturated heterocycles. The molecule has 0 N–H and O–H groups in total. The van der Waals surface area contributed by atoms with E-state index < -0.39 is 0 Å². The molecule has 0 heterocycles. The lowest BCUT2D eigenvalue weighted by atomic mass is 9.71. The van der Waals surface area contributed by atoms with Crippen LogP contribution in [0.5, 0.6) is 0 Å². The Labute approximate surface area is 92.7 Å². The van der Waals surface area contributed by atoms with E-state index in [9.17, 15) is 4.79 Å². The minimum Gasteiger partial charge on any atom is -0.463 e. The van der Waals surface area contributed by atoms with Crippen molar-refractivity contribution in [3.05, 3.63) is 11.1 Å². The van der Waals surface area contributed by atoms with Crippen molar-refractivity contribution in [2.75, 3.05) is 6.61 Å². The molecule has 0 radical (unpaired) electrons. The summed E-state index contributed by atoms with van der Waals surface area (Å²) >= 11 is 0. The Hall–Kier alpha value is -0.790. The maximum Gasteiger partial charge on any atom is 0.333 e. The van der Waals surface area contributed by atoms with Crippen LogP contribution in [0.4, 0.5) is 0 Å². The molecular weight excluding hydrogens is 188 g/mol. The van der Waals surface area contributed by atoms with Crippen molar-refractivity contribution >= 4 is 5.97 Å². The molecule has 1 aliphatic carbocycles. The smallest absolute Gasteiger partial charge is 0.333 e. The Morgan fingerprint density at radius 2 is 2.07 bits per heavy atom. The van der Waals surface area contributed by atoms with Crippen molar-refractivity contribution in [2.24, 2.45) is 5.41 Å². The summed E-state index contributed by atoms with van der Waals surface area (Å²) < 4.78 is 5.05. The summed E-state index contributed by atoms with van der Waals surface area (Å²) in [5.41, 5.74) is 2.31. The molecule has 15 heavy (non-hydrogen) atoms. The highest BCUT2D eigenvalue weighted by molar-refractivity contribution is 5.88. The molecule has 1 fully saturated rings. The number of carbonyl (C=O) groups excluding carboxylic acids is 1. The fraction of sp³-hybridized carbons (Fsp3) is 0.769. The molecule has 1 saturated carbocycles. The van der Waals surface area contributed by atoms with Crippen LogP contribution in [0.2, 0.25) is 0 Å². The maximum absolute atomic E-state index is 11.6. The Morgan fingerprint density at radius 1 is 1.40 bits per heavy atom. The number of ether oxygens (including phenoxy) is 1. The Morgan fingerprint density at radius 3 is 2.60 bits per heavy atom. The lowest BCUT2D eigenvalue weighted by Gasteiger charge is -2.34. The molecule has 0 aliphatic heterocycles. The van der Waals surface area contributed by atoms with Gasteiger partial charge in [0.2, 0.25) is 0 Å². The average molecular weight is 210 g/mol. The zero-order valence-electron chi connectivity index (χ0n) is 10.4. The second-order valence-corrected chi connectivity index (χ2v) is 4.92. The molecule has 1 aliphatic rings. The lowest BCUT2D eigenvalue weighted by Crippen LogP contribution is -2.23. The number of rotatable bonds is 2. The van der Waals surface area contributed by atoms with E-state index in [2.05, 4.69) is 13.8 Å². The van der Waals surface area contributed by atoms with Gasteiger partial charge in [0.05, 0.1) is 6.61 Å². The van der Waals surface area contributed by atoms with Crippen LogP contribution in [0.3, 0.4) is 0 Å². The Balaban J connectivity index is 2.90. The molecule has 0 spiro atoms. The van der Waals surface area contributed by atoms with Crippen molar-refractivity contribution in [3.63, 3.8) is 0 Å². The molecule has 1 rings (SSSR count). The molecule has 0 atom stereocenters. The third kappa shape index (κ3) is 2.83. The minimum atomic E-state index is -0.137. The van der Waals surface area contributed by atoms with E-state index in [0.29, 0.717) is 6.61 Å². The second-order valence-electron chi connectivity index (χ2n) is 4.92. The van der Waals surface area contributed by atoms with Crippen molar-refractivity contribution in [2.45, 2.75) is 53.4 Å². The normalized spacial score (nSPS) is 23.5. The van der Waals surface area contributed by atoms with Crippen LogP contribution >= 0.6 is 0 Å². The average Bonchev–Trinajstić information content (AvgIpc) is 2.16. The number of allylic oxidation sites excluding steroid dienone is 1. The fourth-order valence-corrected chi connectivity index (χ4v) is 2.42. The zero-order chi connectivity index (χ0) is 11.5. The van der Waals surface area contributed by atoms with Crippen LogP contribution < -0.4 is 0 Å². The Kier molecular flexibility index (Phi) is 3.95. The fourth-order valence-electron chi connectivity index (χ4n) is 2.42. The molecular formula is C13H22O2. The molecule has 0 amide bonds. The standard InChI is InChI=1S/C13H22O2/c1-5-15-12(14)10(2)11-8-6-7-9-13(11,3)4/h5-9H2,1-4H3. The van der Waals surface area contributed by atoms with Crippen molar-refractivity contribution in [3.8, 4) is 0 Å². The second kappa shape index (κ2) is 4.82. The van der Waals surface area contributed by atoms with Crippen molar-refractivity contribution in [1.29, 1.82) is 0 Å². The van der Waals surface area contributed by atoms with Crippen LogP contribution in [0.15, 0.2) is 11.1 Å². The van der Waals surface area contributed by atoms with Crippen LogP contribution in [0, 0.1) is 5.41 Å². The van der Waals surface area contributed by atoms with Gasteiger partial charge in [-0.3, -0.25) is 0 Å². The number of esters is 1. The van der Waals surface area contributed by atoms with Crippen LogP contribution in [0.25, 0.3) is 0 Å². The largest absolute Gasteiger partial charge is 0.463 e. The van der Waals surface area contributed by atoms with Gasteiger partial charge in [-0.25, -0.2) is 4.79 Å². The van der Waals surface area contributed by atoms with E-state index in [1.807, 2.05) is 13.8 Å². The van der Waals surface area contributed by atoms with E-state index in [1.54, 1.807) is 0 Å². The van der Waals surface area contributed by atoms with Gasteiger partial charge in [-0.1, -0.05) is 25.8 Å². The first-order valence-electron chi connectivity index (χ1n) is 5.86. The zero-order valence-corrected chi connectivity index (χ0v) is 10.4. The van der Waals surface area contributed by atoms with Gasteiger partial charge in [0, 0.05) is 5.57 Å². The summed E-state index contributed by atoms with van der Waals surface area (Å²) in [5, 5.41) is 0. The van der Waals surface area contributed by atoms with E-state index in [4.69, 9.17) is 4.74 Å². The highest BCUT2D eigenvalue weighted by atomic mass is 16.5. The summed E-state index contributed by atoms with van der Waals surface area (Å²) in [5.74, 6) is -0.137. The molecule has 0 unspecified atom stereocenters. The van der Waals surface area contributed by atoms with Gasteiger partial charge >= 0.3 is 5.97 Å². The molecule has 86 valence electrons. The first-order valence-corrected chi connectivity index (χ1v) is 5.86. The number of hydrogen-bond acceptors (Lipinski definition) is 2. The number of carbonyl (C=O) groups is 1. The first-order chi connectivity index (χ1) is 6.99. The predicted molar refractivity (Wildman–Crippen MR) is 61.6 cm³/mol. The SMILES string of the molecule is CCOC(=O)C(C)=C1CCCCC1(C)C. The molecule has 0 aromatic rings. The van der Waals surface area contributed by atoms with Gasteiger partial charge in [-0.15, -0.1) is 0 Å². The van der Waals surface area contributed by atoms with Gasteiger partial charge in [-0.05, 0) is 38.5 Å². The summed E-state index contributed by atoms with van der Waals surface area (Å²) in [4.78, 5) is 11.6. The van der Waals surface area contributed by atoms with Crippen LogP contribution in [0.1, 0.15) is 53.4 Å². The van der Waals surface area contributed by atoms with Crippen molar-refractivity contribution in [1.82, 2.24) is 0 Å². The molecule has 0 aromatic heterocycles. The molecule has 2 nitrogen and oxygen atoms in total. The Bertz CT molecular complexity index is 274. The third-order valence-electron chi connectivity index (χ3n) is 3.33. The first kappa shape index (κ1) is 12.3. The van der Waals surface area contributed by atoms with Gasteiger partial charge in [-0.2, -0.15) is 0 Å². The summed E-state index contributed by atoms with van der Waals surface area (Å²) in [6.45, 7) is 8.67. The van der Waals surface area contributed by atoms with Gasteiger partial charge in [0.15, 0.2) is 0 Å². The predicted octanol–water partition coefficient (Wildman–Crippen LogP) is 3.47. The monoisotopic (exact) mass is 210 g/mol. The molecule has 2 heteroatoms. The maximum atomic E-state index is 11.6. The van der Waals surface area contributed by atoms with E-state index in [-0.39, 0.29) is 11.4 Å². The van der Waals surface area contributed by atoms with E-state index in [1.165, 1.54) is 24.8 Å². The van der Waals surface area contributed by atoms with E-state index >= 15 is 0 Å². The minimum absolute atomic E-state index is 0.137. The summed E-state index contributed by atoms with van der Waals surface area (Å²) in [7, 11) is 0. The van der Waals surface area contributed by atoms with E-state index in [0.717, 1.165) is 12.0 Å². The highest BCUT2D eigenvalue weighted by Crippen LogP contribution is 2.41. The third-order valence-corrected chi connectivity index (χ3v) is 3.33. The highest BCUT2D eigenvalue weighted by Gasteiger charge is 2.29. The van der Waals surface area contributed by atoms with Gasteiger partial charge < -0.3 is 4.74 Å². The molecule has 0 bridgehead atoms. The van der Waals surface area contributed by atoms with Gasteiger partial charge in [0.1, 0.15) is 0 Å². The summed E-state index contributed by atoms with van der Waals surface area (Å²) in [6, 6.07) is 0. The summed E-state index contributed by atoms with van der Waals surface area (Å²) in [6.07, 6.45) is 4.71. The van der Waals surface area contributed by atoms with Gasteiger partial charge in [0.25, 0.3) is 0 Å². The quantitative estimate of drug-likeness (QED) is 0.515. The number of hydrogen-bond donors (Lipinski definition) is 0. The van der Waals surface area contributed by atoms with Crippen LogP contribution in [-0.2, 0) is 9.53 Å². The van der Waals surface area contributed by atoms with Crippen molar-refractivity contribution < 1.29 is 9.53 Å². The molecule has 0 aromatic carbocycles. The topological polar surface area (TPSA) is 26.3 Å². The van der Waals surface area contributed by atoms with Crippen LogP contribution in [-0.4, -0.2) is 12.6 Å². The lowest BCUT2D eigenvalue weighted by molar-refractivity contribution is -0.138.